The molecule has 23 heavy (non-hydrogen) atoms. The summed E-state index contributed by atoms with van der Waals surface area (Å²) >= 11 is 0. The van der Waals surface area contributed by atoms with E-state index in [9.17, 15) is 14.4 Å². The van der Waals surface area contributed by atoms with E-state index in [0.717, 1.165) is 12.0 Å². The second-order valence-corrected chi connectivity index (χ2v) is 4.98. The Kier molecular flexibility index (Phi) is 7.53. The number of amides is 2. The van der Waals surface area contributed by atoms with Crippen LogP contribution in [0, 0.1) is 0 Å². The minimum absolute atomic E-state index is 0.143. The van der Waals surface area contributed by atoms with Crippen molar-refractivity contribution in [2.75, 3.05) is 19.0 Å². The van der Waals surface area contributed by atoms with Crippen LogP contribution in [0.3, 0.4) is 0 Å². The molecule has 2 N–H and O–H groups in total. The third-order valence-corrected chi connectivity index (χ3v) is 3.10. The first-order valence-corrected chi connectivity index (χ1v) is 7.36. The predicted molar refractivity (Wildman–Crippen MR) is 87.8 cm³/mol. The molecule has 0 heterocycles. The summed E-state index contributed by atoms with van der Waals surface area (Å²) in [5, 5.41) is 5.25. The molecule has 0 aromatic heterocycles. The molecule has 2 amide bonds. The van der Waals surface area contributed by atoms with Gasteiger partial charge in [0.05, 0.1) is 13.5 Å². The molecule has 0 fully saturated rings. The standard InChI is InChI=1S/C17H22N2O4/c1-4-5-12(2)17(22)19-14-8-6-13(7-9-14)10-15(20)18-11-16(21)23-3/h5-9H,4,10-11H2,1-3H3,(H,18,20)(H,19,22)/b12-5-. The van der Waals surface area contributed by atoms with Crippen LogP contribution in [0.1, 0.15) is 25.8 Å². The molecular weight excluding hydrogens is 296 g/mol. The van der Waals surface area contributed by atoms with Crippen molar-refractivity contribution in [2.24, 2.45) is 0 Å². The van der Waals surface area contributed by atoms with E-state index >= 15 is 0 Å². The summed E-state index contributed by atoms with van der Waals surface area (Å²) in [7, 11) is 1.26. The lowest BCUT2D eigenvalue weighted by atomic mass is 10.1. The van der Waals surface area contributed by atoms with Crippen molar-refractivity contribution in [3.63, 3.8) is 0 Å². The molecule has 0 saturated heterocycles. The van der Waals surface area contributed by atoms with E-state index in [1.54, 1.807) is 31.2 Å². The van der Waals surface area contributed by atoms with E-state index in [1.165, 1.54) is 7.11 Å². The van der Waals surface area contributed by atoms with Crippen molar-refractivity contribution in [3.05, 3.63) is 41.5 Å². The van der Waals surface area contributed by atoms with Crippen LogP contribution in [0.2, 0.25) is 0 Å². The monoisotopic (exact) mass is 318 g/mol. The molecule has 6 nitrogen and oxygen atoms in total. The first-order valence-electron chi connectivity index (χ1n) is 7.36. The zero-order chi connectivity index (χ0) is 17.2. The number of rotatable bonds is 7. The molecule has 1 rings (SSSR count). The Morgan fingerprint density at radius 2 is 1.83 bits per heavy atom. The second kappa shape index (κ2) is 9.40. The molecule has 0 aliphatic heterocycles. The van der Waals surface area contributed by atoms with Gasteiger partial charge in [0.25, 0.3) is 5.91 Å². The van der Waals surface area contributed by atoms with Crippen molar-refractivity contribution >= 4 is 23.5 Å². The molecule has 1 aromatic carbocycles. The lowest BCUT2D eigenvalue weighted by molar-refractivity contribution is -0.141. The molecule has 0 spiro atoms. The summed E-state index contributed by atoms with van der Waals surface area (Å²) in [6.45, 7) is 3.59. The lowest BCUT2D eigenvalue weighted by Gasteiger charge is -2.07. The third kappa shape index (κ3) is 6.78. The maximum absolute atomic E-state index is 11.9. The highest BCUT2D eigenvalue weighted by molar-refractivity contribution is 6.03. The largest absolute Gasteiger partial charge is 0.468 e. The summed E-state index contributed by atoms with van der Waals surface area (Å²) in [6.07, 6.45) is 2.81. The van der Waals surface area contributed by atoms with Crippen LogP contribution in [-0.2, 0) is 25.5 Å². The molecule has 0 atom stereocenters. The van der Waals surface area contributed by atoms with Gasteiger partial charge in [-0.3, -0.25) is 14.4 Å². The molecule has 0 radical (unpaired) electrons. The van der Waals surface area contributed by atoms with Crippen LogP contribution in [0.5, 0.6) is 0 Å². The van der Waals surface area contributed by atoms with Gasteiger partial charge in [-0.1, -0.05) is 25.1 Å². The van der Waals surface area contributed by atoms with Gasteiger partial charge in [-0.25, -0.2) is 0 Å². The number of anilines is 1. The van der Waals surface area contributed by atoms with E-state index in [-0.39, 0.29) is 24.8 Å². The summed E-state index contributed by atoms with van der Waals surface area (Å²) in [5.74, 6) is -0.906. The number of allylic oxidation sites excluding steroid dienone is 1. The summed E-state index contributed by atoms with van der Waals surface area (Å²) in [6, 6.07) is 6.98. The quantitative estimate of drug-likeness (QED) is 0.593. The van der Waals surface area contributed by atoms with Crippen LogP contribution in [0.15, 0.2) is 35.9 Å². The number of methoxy groups -OCH3 is 1. The highest BCUT2D eigenvalue weighted by Gasteiger charge is 2.07. The SMILES string of the molecule is CC/C=C(/C)C(=O)Nc1ccc(CC(=O)NCC(=O)OC)cc1. The Bertz CT molecular complexity index is 591. The highest BCUT2D eigenvalue weighted by Crippen LogP contribution is 2.11. The van der Waals surface area contributed by atoms with Crippen LogP contribution in [-0.4, -0.2) is 31.4 Å². The minimum Gasteiger partial charge on any atom is -0.468 e. The number of nitrogens with one attached hydrogen (secondary N) is 2. The Morgan fingerprint density at radius 1 is 1.17 bits per heavy atom. The molecule has 0 saturated carbocycles. The van der Waals surface area contributed by atoms with Gasteiger partial charge in [0.15, 0.2) is 0 Å². The molecule has 1 aromatic rings. The summed E-state index contributed by atoms with van der Waals surface area (Å²) in [5.41, 5.74) is 2.11. The van der Waals surface area contributed by atoms with E-state index in [0.29, 0.717) is 11.3 Å². The van der Waals surface area contributed by atoms with Crippen molar-refractivity contribution in [2.45, 2.75) is 26.7 Å². The fraction of sp³-hybridized carbons (Fsp3) is 0.353. The van der Waals surface area contributed by atoms with E-state index in [4.69, 9.17) is 0 Å². The number of hydrogen-bond donors (Lipinski definition) is 2. The van der Waals surface area contributed by atoms with Gasteiger partial charge in [0.1, 0.15) is 6.54 Å². The smallest absolute Gasteiger partial charge is 0.325 e. The third-order valence-electron chi connectivity index (χ3n) is 3.10. The van der Waals surface area contributed by atoms with E-state index in [1.807, 2.05) is 13.0 Å². The number of benzene rings is 1. The molecule has 0 aliphatic rings. The normalized spacial score (nSPS) is 10.8. The first kappa shape index (κ1) is 18.4. The predicted octanol–water partition coefficient (Wildman–Crippen LogP) is 1.81. The zero-order valence-electron chi connectivity index (χ0n) is 13.6. The van der Waals surface area contributed by atoms with Gasteiger partial charge in [0.2, 0.25) is 5.91 Å². The van der Waals surface area contributed by atoms with Crippen LogP contribution in [0.4, 0.5) is 5.69 Å². The van der Waals surface area contributed by atoms with E-state index < -0.39 is 5.97 Å². The highest BCUT2D eigenvalue weighted by atomic mass is 16.5. The molecule has 124 valence electrons. The summed E-state index contributed by atoms with van der Waals surface area (Å²) < 4.78 is 4.44. The lowest BCUT2D eigenvalue weighted by Crippen LogP contribution is -2.31. The van der Waals surface area contributed by atoms with Crippen LogP contribution in [0.25, 0.3) is 0 Å². The van der Waals surface area contributed by atoms with Gasteiger partial charge >= 0.3 is 5.97 Å². The van der Waals surface area contributed by atoms with Crippen molar-refractivity contribution in [1.82, 2.24) is 5.32 Å². The van der Waals surface area contributed by atoms with Gasteiger partial charge in [-0.2, -0.15) is 0 Å². The average Bonchev–Trinajstić information content (AvgIpc) is 2.54. The van der Waals surface area contributed by atoms with Gasteiger partial charge in [-0.05, 0) is 31.0 Å². The molecular formula is C17H22N2O4. The number of hydrogen-bond acceptors (Lipinski definition) is 4. The Hall–Kier alpha value is -2.63. The fourth-order valence-electron chi connectivity index (χ4n) is 1.83. The molecule has 6 heteroatoms. The number of ether oxygens (including phenoxy) is 1. The Morgan fingerprint density at radius 3 is 2.39 bits per heavy atom. The van der Waals surface area contributed by atoms with Crippen molar-refractivity contribution in [3.8, 4) is 0 Å². The van der Waals surface area contributed by atoms with E-state index in [2.05, 4.69) is 15.4 Å². The molecule has 0 unspecified atom stereocenters. The van der Waals surface area contributed by atoms with Gasteiger partial charge < -0.3 is 15.4 Å². The minimum atomic E-state index is -0.494. The average molecular weight is 318 g/mol. The number of carbonyl (C=O) groups excluding carboxylic acids is 3. The topological polar surface area (TPSA) is 84.5 Å². The van der Waals surface area contributed by atoms with Crippen LogP contribution >= 0.6 is 0 Å². The fourth-order valence-corrected chi connectivity index (χ4v) is 1.83. The maximum Gasteiger partial charge on any atom is 0.325 e. The van der Waals surface area contributed by atoms with Crippen molar-refractivity contribution in [1.29, 1.82) is 0 Å². The zero-order valence-corrected chi connectivity index (χ0v) is 13.6. The summed E-state index contributed by atoms with van der Waals surface area (Å²) in [4.78, 5) is 34.5. The number of esters is 1. The first-order chi connectivity index (χ1) is 11.0. The Balaban J connectivity index is 2.53. The van der Waals surface area contributed by atoms with Gasteiger partial charge in [0, 0.05) is 11.3 Å². The molecule has 0 aliphatic carbocycles. The van der Waals surface area contributed by atoms with Crippen LogP contribution < -0.4 is 10.6 Å². The maximum atomic E-state index is 11.9. The van der Waals surface area contributed by atoms with Gasteiger partial charge in [-0.15, -0.1) is 0 Å². The Labute approximate surface area is 135 Å². The second-order valence-electron chi connectivity index (χ2n) is 4.98. The number of carbonyl (C=O) groups is 3. The molecule has 0 bridgehead atoms. The van der Waals surface area contributed by atoms with Crippen molar-refractivity contribution < 1.29 is 19.1 Å².